The van der Waals surface area contributed by atoms with Gasteiger partial charge in [-0.1, -0.05) is 42.1 Å². The third kappa shape index (κ3) is 3.63. The Labute approximate surface area is 166 Å². The van der Waals surface area contributed by atoms with Gasteiger partial charge in [0.1, 0.15) is 0 Å². The van der Waals surface area contributed by atoms with Crippen LogP contribution in [0.25, 0.3) is 0 Å². The van der Waals surface area contributed by atoms with Gasteiger partial charge in [0.25, 0.3) is 0 Å². The molecular formula is C21H28Cl2N2O. The van der Waals surface area contributed by atoms with Crippen LogP contribution in [0.3, 0.4) is 0 Å². The third-order valence-electron chi connectivity index (χ3n) is 6.52. The molecule has 2 saturated heterocycles. The number of carbonyl (C=O) groups excluding carboxylic acids is 1. The van der Waals surface area contributed by atoms with Gasteiger partial charge in [-0.25, -0.2) is 0 Å². The maximum atomic E-state index is 13.4. The van der Waals surface area contributed by atoms with Crippen molar-refractivity contribution in [1.82, 2.24) is 9.80 Å². The molecule has 0 bridgehead atoms. The molecule has 26 heavy (non-hydrogen) atoms. The van der Waals surface area contributed by atoms with Gasteiger partial charge < -0.3 is 4.90 Å². The van der Waals surface area contributed by atoms with Crippen molar-refractivity contribution in [3.05, 3.63) is 33.8 Å². The van der Waals surface area contributed by atoms with Crippen molar-refractivity contribution in [2.45, 2.75) is 69.4 Å². The van der Waals surface area contributed by atoms with Crippen LogP contribution in [0.15, 0.2) is 18.2 Å². The van der Waals surface area contributed by atoms with E-state index in [0.29, 0.717) is 28.0 Å². The summed E-state index contributed by atoms with van der Waals surface area (Å²) in [7, 11) is 0. The van der Waals surface area contributed by atoms with Crippen LogP contribution in [0.5, 0.6) is 0 Å². The van der Waals surface area contributed by atoms with E-state index in [2.05, 4.69) is 9.80 Å². The molecule has 1 aromatic carbocycles. The molecule has 1 saturated carbocycles. The Bertz CT molecular complexity index is 659. The molecule has 3 nitrogen and oxygen atoms in total. The topological polar surface area (TPSA) is 23.6 Å². The molecule has 142 valence electrons. The van der Waals surface area contributed by atoms with Crippen molar-refractivity contribution < 1.29 is 4.79 Å². The summed E-state index contributed by atoms with van der Waals surface area (Å²) in [6.07, 6.45) is 9.54. The van der Waals surface area contributed by atoms with Gasteiger partial charge in [0.15, 0.2) is 0 Å². The molecule has 3 fully saturated rings. The quantitative estimate of drug-likeness (QED) is 0.710. The van der Waals surface area contributed by atoms with Crippen molar-refractivity contribution in [2.24, 2.45) is 0 Å². The largest absolute Gasteiger partial charge is 0.338 e. The van der Waals surface area contributed by atoms with E-state index in [1.165, 1.54) is 45.2 Å². The minimum atomic E-state index is -0.0697. The minimum Gasteiger partial charge on any atom is -0.338 e. The maximum absolute atomic E-state index is 13.4. The molecule has 4 rings (SSSR count). The average Bonchev–Trinajstić information content (AvgIpc) is 3.19. The van der Waals surface area contributed by atoms with Crippen molar-refractivity contribution >= 4 is 29.1 Å². The van der Waals surface area contributed by atoms with E-state index < -0.39 is 0 Å². The Balaban J connectivity index is 1.55. The summed E-state index contributed by atoms with van der Waals surface area (Å²) in [4.78, 5) is 18.3. The van der Waals surface area contributed by atoms with Gasteiger partial charge in [-0.05, 0) is 69.3 Å². The predicted octanol–water partition coefficient (Wildman–Crippen LogP) is 5.11. The minimum absolute atomic E-state index is 0.0697. The number of carbonyl (C=O) groups is 1. The number of amides is 1. The van der Waals surface area contributed by atoms with Crippen LogP contribution in [-0.2, 0) is 4.79 Å². The van der Waals surface area contributed by atoms with Crippen LogP contribution < -0.4 is 0 Å². The Morgan fingerprint density at radius 2 is 1.54 bits per heavy atom. The number of benzene rings is 1. The van der Waals surface area contributed by atoms with Crippen LogP contribution in [0.4, 0.5) is 0 Å². The van der Waals surface area contributed by atoms with E-state index in [1.54, 1.807) is 0 Å². The molecule has 0 N–H and O–H groups in total. The van der Waals surface area contributed by atoms with Crippen molar-refractivity contribution in [2.75, 3.05) is 19.6 Å². The van der Waals surface area contributed by atoms with Gasteiger partial charge in [0, 0.05) is 18.6 Å². The molecule has 3 atom stereocenters. The maximum Gasteiger partial charge on any atom is 0.230 e. The molecule has 1 aliphatic carbocycles. The highest BCUT2D eigenvalue weighted by Gasteiger charge is 2.40. The first-order valence-electron chi connectivity index (χ1n) is 10.1. The second kappa shape index (κ2) is 8.08. The zero-order chi connectivity index (χ0) is 18.1. The number of piperidine rings is 1. The number of rotatable bonds is 3. The first-order valence-corrected chi connectivity index (χ1v) is 10.9. The fraction of sp³-hybridized carbons (Fsp3) is 0.667. The summed E-state index contributed by atoms with van der Waals surface area (Å²) in [5.74, 6) is 0.227. The zero-order valence-electron chi connectivity index (χ0n) is 15.3. The second-order valence-corrected chi connectivity index (χ2v) is 8.88. The lowest BCUT2D eigenvalue weighted by atomic mass is 9.83. The van der Waals surface area contributed by atoms with E-state index in [1.807, 2.05) is 18.2 Å². The van der Waals surface area contributed by atoms with Crippen LogP contribution in [0.2, 0.25) is 10.0 Å². The number of hydrogen-bond donors (Lipinski definition) is 0. The molecule has 3 aliphatic rings. The van der Waals surface area contributed by atoms with Crippen molar-refractivity contribution in [3.8, 4) is 0 Å². The lowest BCUT2D eigenvalue weighted by molar-refractivity contribution is -0.140. The highest BCUT2D eigenvalue weighted by Crippen LogP contribution is 2.36. The normalized spacial score (nSPS) is 30.8. The van der Waals surface area contributed by atoms with Crippen LogP contribution in [0, 0.1) is 0 Å². The predicted molar refractivity (Wildman–Crippen MR) is 107 cm³/mol. The van der Waals surface area contributed by atoms with Crippen LogP contribution in [-0.4, -0.2) is 47.4 Å². The summed E-state index contributed by atoms with van der Waals surface area (Å²) in [6, 6.07) is 6.62. The number of likely N-dealkylation sites (tertiary alicyclic amines) is 2. The fourth-order valence-electron chi connectivity index (χ4n) is 5.22. The van der Waals surface area contributed by atoms with E-state index in [9.17, 15) is 4.79 Å². The summed E-state index contributed by atoms with van der Waals surface area (Å²) in [6.45, 7) is 3.32. The van der Waals surface area contributed by atoms with Gasteiger partial charge in [-0.3, -0.25) is 9.69 Å². The van der Waals surface area contributed by atoms with E-state index >= 15 is 0 Å². The van der Waals surface area contributed by atoms with E-state index in [0.717, 1.165) is 31.4 Å². The van der Waals surface area contributed by atoms with Gasteiger partial charge in [-0.15, -0.1) is 0 Å². The van der Waals surface area contributed by atoms with Gasteiger partial charge >= 0.3 is 0 Å². The Morgan fingerprint density at radius 3 is 2.27 bits per heavy atom. The molecule has 1 amide bonds. The molecule has 2 aliphatic heterocycles. The smallest absolute Gasteiger partial charge is 0.230 e. The molecule has 0 radical (unpaired) electrons. The molecule has 3 unspecified atom stereocenters. The first-order chi connectivity index (χ1) is 12.6. The molecular weight excluding hydrogens is 367 g/mol. The zero-order valence-corrected chi connectivity index (χ0v) is 16.8. The first kappa shape index (κ1) is 18.6. The van der Waals surface area contributed by atoms with Crippen molar-refractivity contribution in [1.29, 1.82) is 0 Å². The highest BCUT2D eigenvalue weighted by atomic mass is 35.5. The third-order valence-corrected chi connectivity index (χ3v) is 7.26. The standard InChI is InChI=1S/C21H28Cl2N2O/c22-17-10-9-15(14-18(17)23)16-6-5-13-25(21(16)26)20-8-2-1-7-19(20)24-11-3-4-12-24/h9-10,14,16,19-20H,1-8,11-13H2. The number of halogens is 2. The van der Waals surface area contributed by atoms with Crippen LogP contribution >= 0.6 is 23.2 Å². The Kier molecular flexibility index (Phi) is 5.78. The SMILES string of the molecule is O=C1C(c2ccc(Cl)c(Cl)c2)CCCN1C1CCCCC1N1CCCC1. The van der Waals surface area contributed by atoms with Crippen molar-refractivity contribution in [3.63, 3.8) is 0 Å². The number of nitrogens with zero attached hydrogens (tertiary/aromatic N) is 2. The molecule has 0 aromatic heterocycles. The van der Waals surface area contributed by atoms with Crippen LogP contribution in [0.1, 0.15) is 62.8 Å². The fourth-order valence-corrected chi connectivity index (χ4v) is 5.53. The van der Waals surface area contributed by atoms with Gasteiger partial charge in [0.05, 0.1) is 16.0 Å². The molecule has 1 aromatic rings. The van der Waals surface area contributed by atoms with E-state index in [4.69, 9.17) is 23.2 Å². The summed E-state index contributed by atoms with van der Waals surface area (Å²) >= 11 is 12.3. The average molecular weight is 395 g/mol. The molecule has 2 heterocycles. The highest BCUT2D eigenvalue weighted by molar-refractivity contribution is 6.42. The van der Waals surface area contributed by atoms with Gasteiger partial charge in [-0.2, -0.15) is 0 Å². The molecule has 0 spiro atoms. The van der Waals surface area contributed by atoms with Gasteiger partial charge in [0.2, 0.25) is 5.91 Å². The summed E-state index contributed by atoms with van der Waals surface area (Å²) in [5.41, 5.74) is 1.02. The number of hydrogen-bond acceptors (Lipinski definition) is 2. The molecule has 5 heteroatoms. The lowest BCUT2D eigenvalue weighted by Crippen LogP contribution is -2.56. The van der Waals surface area contributed by atoms with E-state index in [-0.39, 0.29) is 5.92 Å². The monoisotopic (exact) mass is 394 g/mol. The second-order valence-electron chi connectivity index (χ2n) is 8.06. The lowest BCUT2D eigenvalue weighted by Gasteiger charge is -2.46. The Hall–Kier alpha value is -0.770. The Morgan fingerprint density at radius 1 is 0.808 bits per heavy atom. The summed E-state index contributed by atoms with van der Waals surface area (Å²) in [5, 5.41) is 1.10. The summed E-state index contributed by atoms with van der Waals surface area (Å²) < 4.78 is 0.